The van der Waals surface area contributed by atoms with Gasteiger partial charge >= 0.3 is 5.97 Å². The fraction of sp³-hybridized carbons (Fsp3) is 0.143. The van der Waals surface area contributed by atoms with Crippen molar-refractivity contribution >= 4 is 5.97 Å². The van der Waals surface area contributed by atoms with E-state index in [2.05, 4.69) is 4.74 Å². The summed E-state index contributed by atoms with van der Waals surface area (Å²) in [5.74, 6) is -0.412. The Labute approximate surface area is 62.6 Å². The van der Waals surface area contributed by atoms with Gasteiger partial charge in [-0.05, 0) is 0 Å². The summed E-state index contributed by atoms with van der Waals surface area (Å²) in [6, 6.07) is 1.59. The SMILES string of the molecule is O=C1OCc2cc[n+]([O-])cc21. The summed E-state index contributed by atoms with van der Waals surface area (Å²) in [5.41, 5.74) is 1.16. The quantitative estimate of drug-likeness (QED) is 0.297. The second-order valence-corrected chi connectivity index (χ2v) is 2.32. The summed E-state index contributed by atoms with van der Waals surface area (Å²) < 4.78 is 5.28. The maximum Gasteiger partial charge on any atom is 0.345 e. The first-order chi connectivity index (χ1) is 5.27. The predicted octanol–water partition coefficient (Wildman–Crippen LogP) is -0.00960. The number of esters is 1. The third-order valence-corrected chi connectivity index (χ3v) is 1.60. The van der Waals surface area contributed by atoms with Gasteiger partial charge in [-0.3, -0.25) is 0 Å². The molecule has 0 fully saturated rings. The van der Waals surface area contributed by atoms with Crippen molar-refractivity contribution in [3.8, 4) is 0 Å². The summed E-state index contributed by atoms with van der Waals surface area (Å²) in [4.78, 5) is 10.8. The van der Waals surface area contributed by atoms with Gasteiger partial charge < -0.3 is 9.94 Å². The highest BCUT2D eigenvalue weighted by Crippen LogP contribution is 2.16. The zero-order chi connectivity index (χ0) is 7.84. The molecule has 0 saturated carbocycles. The highest BCUT2D eigenvalue weighted by molar-refractivity contribution is 5.92. The number of hydrogen-bond acceptors (Lipinski definition) is 3. The lowest BCUT2D eigenvalue weighted by atomic mass is 10.2. The molecule has 2 heterocycles. The van der Waals surface area contributed by atoms with Gasteiger partial charge in [0.1, 0.15) is 12.2 Å². The first kappa shape index (κ1) is 6.15. The van der Waals surface area contributed by atoms with Crippen LogP contribution in [-0.4, -0.2) is 5.97 Å². The molecule has 0 N–H and O–H groups in total. The molecule has 0 aromatic carbocycles. The van der Waals surface area contributed by atoms with E-state index in [0.717, 1.165) is 5.56 Å². The van der Waals surface area contributed by atoms with Crippen molar-refractivity contribution in [1.29, 1.82) is 0 Å². The van der Waals surface area contributed by atoms with Gasteiger partial charge in [0.2, 0.25) is 0 Å². The van der Waals surface area contributed by atoms with E-state index in [1.54, 1.807) is 6.07 Å². The first-order valence-electron chi connectivity index (χ1n) is 3.16. The van der Waals surface area contributed by atoms with Crippen LogP contribution in [-0.2, 0) is 11.3 Å². The molecule has 11 heavy (non-hydrogen) atoms. The summed E-state index contributed by atoms with van der Waals surface area (Å²) in [7, 11) is 0. The average molecular weight is 151 g/mol. The Morgan fingerprint density at radius 2 is 2.45 bits per heavy atom. The number of rotatable bonds is 0. The average Bonchev–Trinajstić information content (AvgIpc) is 2.33. The molecule has 1 aliphatic rings. The fourth-order valence-corrected chi connectivity index (χ4v) is 1.04. The number of aromatic nitrogens is 1. The summed E-state index contributed by atoms with van der Waals surface area (Å²) in [5, 5.41) is 10.7. The van der Waals surface area contributed by atoms with Crippen LogP contribution in [0.25, 0.3) is 0 Å². The third-order valence-electron chi connectivity index (χ3n) is 1.60. The molecule has 0 bridgehead atoms. The van der Waals surface area contributed by atoms with Gasteiger partial charge in [0, 0.05) is 11.6 Å². The zero-order valence-electron chi connectivity index (χ0n) is 5.61. The number of fused-ring (bicyclic) bond motifs is 1. The van der Waals surface area contributed by atoms with E-state index in [9.17, 15) is 10.0 Å². The molecular weight excluding hydrogens is 146 g/mol. The molecule has 0 unspecified atom stereocenters. The summed E-state index contributed by atoms with van der Waals surface area (Å²) in [6.07, 6.45) is 2.57. The molecule has 0 atom stereocenters. The van der Waals surface area contributed by atoms with E-state index < -0.39 is 5.97 Å². The largest absolute Gasteiger partial charge is 0.619 e. The topological polar surface area (TPSA) is 53.2 Å². The Kier molecular flexibility index (Phi) is 1.09. The molecule has 0 radical (unpaired) electrons. The first-order valence-corrected chi connectivity index (χ1v) is 3.16. The van der Waals surface area contributed by atoms with E-state index in [0.29, 0.717) is 10.3 Å². The van der Waals surface area contributed by atoms with Crippen LogP contribution in [0.15, 0.2) is 18.5 Å². The molecule has 4 nitrogen and oxygen atoms in total. The number of nitrogens with zero attached hydrogens (tertiary/aromatic N) is 1. The van der Waals surface area contributed by atoms with Crippen LogP contribution in [0, 0.1) is 5.21 Å². The Balaban J connectivity index is 2.60. The van der Waals surface area contributed by atoms with Gasteiger partial charge in [0.25, 0.3) is 0 Å². The highest BCUT2D eigenvalue weighted by Gasteiger charge is 2.23. The lowest BCUT2D eigenvalue weighted by Crippen LogP contribution is -2.25. The summed E-state index contributed by atoms with van der Waals surface area (Å²) >= 11 is 0. The molecule has 56 valence electrons. The van der Waals surface area contributed by atoms with Gasteiger partial charge in [-0.1, -0.05) is 0 Å². The van der Waals surface area contributed by atoms with E-state index in [1.807, 2.05) is 0 Å². The minimum absolute atomic E-state index is 0.287. The molecule has 0 amide bonds. The molecule has 1 aromatic rings. The van der Waals surface area contributed by atoms with Crippen LogP contribution in [0.3, 0.4) is 0 Å². The number of hydrogen-bond donors (Lipinski definition) is 0. The van der Waals surface area contributed by atoms with Crippen molar-refractivity contribution in [1.82, 2.24) is 0 Å². The van der Waals surface area contributed by atoms with Crippen molar-refractivity contribution < 1.29 is 14.3 Å². The highest BCUT2D eigenvalue weighted by atomic mass is 16.5. The number of carbonyl (C=O) groups is 1. The van der Waals surface area contributed by atoms with Crippen molar-refractivity contribution in [3.63, 3.8) is 0 Å². The van der Waals surface area contributed by atoms with Crippen LogP contribution in [0.5, 0.6) is 0 Å². The normalized spacial score (nSPS) is 14.4. The van der Waals surface area contributed by atoms with Crippen LogP contribution < -0.4 is 4.73 Å². The standard InChI is InChI=1S/C7H5NO3/c9-7-6-3-8(10)2-1-5(6)4-11-7/h1-3H,4H2. The maximum atomic E-state index is 10.8. The Bertz CT molecular complexity index is 321. The number of carbonyl (C=O) groups excluding carboxylic acids is 1. The van der Waals surface area contributed by atoms with Gasteiger partial charge in [-0.2, -0.15) is 4.73 Å². The number of ether oxygens (including phenoxy) is 1. The maximum absolute atomic E-state index is 10.8. The second-order valence-electron chi connectivity index (χ2n) is 2.32. The fourth-order valence-electron chi connectivity index (χ4n) is 1.04. The van der Waals surface area contributed by atoms with Gasteiger partial charge in [0.15, 0.2) is 12.4 Å². The number of cyclic esters (lactones) is 1. The van der Waals surface area contributed by atoms with Crippen LogP contribution in [0.4, 0.5) is 0 Å². The minimum atomic E-state index is -0.412. The summed E-state index contributed by atoms with van der Waals surface area (Å²) in [6.45, 7) is 0.287. The smallest absolute Gasteiger partial charge is 0.345 e. The van der Waals surface area contributed by atoms with Crippen LogP contribution in [0.2, 0.25) is 0 Å². The third kappa shape index (κ3) is 0.832. The lowest BCUT2D eigenvalue weighted by Gasteiger charge is -1.94. The predicted molar refractivity (Wildman–Crippen MR) is 34.5 cm³/mol. The molecule has 4 heteroatoms. The minimum Gasteiger partial charge on any atom is -0.619 e. The molecule has 0 spiro atoms. The van der Waals surface area contributed by atoms with Crippen LogP contribution >= 0.6 is 0 Å². The van der Waals surface area contributed by atoms with Crippen molar-refractivity contribution in [2.24, 2.45) is 0 Å². The monoisotopic (exact) mass is 151 g/mol. The molecule has 1 aromatic heterocycles. The van der Waals surface area contributed by atoms with Gasteiger partial charge in [0.05, 0.1) is 0 Å². The molecule has 0 aliphatic carbocycles. The van der Waals surface area contributed by atoms with Gasteiger partial charge in [-0.25, -0.2) is 4.79 Å². The van der Waals surface area contributed by atoms with E-state index >= 15 is 0 Å². The molecule has 2 rings (SSSR count). The Morgan fingerprint density at radius 1 is 1.64 bits per heavy atom. The molecule has 1 aliphatic heterocycles. The molecular formula is C7H5NO3. The van der Waals surface area contributed by atoms with E-state index in [4.69, 9.17) is 0 Å². The zero-order valence-corrected chi connectivity index (χ0v) is 5.61. The number of pyridine rings is 1. The Hall–Kier alpha value is -1.58. The lowest BCUT2D eigenvalue weighted by molar-refractivity contribution is -0.605. The van der Waals surface area contributed by atoms with Crippen LogP contribution in [0.1, 0.15) is 15.9 Å². The molecule has 0 saturated heterocycles. The van der Waals surface area contributed by atoms with E-state index in [1.165, 1.54) is 12.4 Å². The Morgan fingerprint density at radius 3 is 3.27 bits per heavy atom. The van der Waals surface area contributed by atoms with Gasteiger partial charge in [-0.15, -0.1) is 0 Å². The van der Waals surface area contributed by atoms with E-state index in [-0.39, 0.29) is 6.61 Å². The van der Waals surface area contributed by atoms with Crippen molar-refractivity contribution in [3.05, 3.63) is 34.8 Å². The second kappa shape index (κ2) is 1.95. The van der Waals surface area contributed by atoms with Crippen molar-refractivity contribution in [2.75, 3.05) is 0 Å². The van der Waals surface area contributed by atoms with Crippen molar-refractivity contribution in [2.45, 2.75) is 6.61 Å².